The Morgan fingerprint density at radius 3 is 2.29 bits per heavy atom. The number of nitrogens with zero attached hydrogens (tertiary/aromatic N) is 1. The van der Waals surface area contributed by atoms with Gasteiger partial charge in [-0.05, 0) is 36.8 Å². The monoisotopic (exact) mass is 288 g/mol. The number of methoxy groups -OCH3 is 3. The molecule has 2 aromatic rings. The SMILES string of the molecule is COc1ccc(NC(C)c2ccc(OC)c(OC)c2)nc1. The van der Waals surface area contributed by atoms with E-state index in [-0.39, 0.29) is 6.04 Å². The van der Waals surface area contributed by atoms with E-state index in [0.717, 1.165) is 22.9 Å². The molecular weight excluding hydrogens is 268 g/mol. The molecule has 0 aliphatic carbocycles. The molecule has 1 atom stereocenters. The van der Waals surface area contributed by atoms with Crippen LogP contribution in [-0.2, 0) is 0 Å². The number of aromatic nitrogens is 1. The predicted molar refractivity (Wildman–Crippen MR) is 82.4 cm³/mol. The zero-order chi connectivity index (χ0) is 15.2. The van der Waals surface area contributed by atoms with Crippen LogP contribution in [0.3, 0.4) is 0 Å². The topological polar surface area (TPSA) is 52.6 Å². The molecule has 0 radical (unpaired) electrons. The molecule has 21 heavy (non-hydrogen) atoms. The first kappa shape index (κ1) is 15.0. The molecule has 1 unspecified atom stereocenters. The van der Waals surface area contributed by atoms with Crippen molar-refractivity contribution in [1.29, 1.82) is 0 Å². The molecule has 112 valence electrons. The molecule has 1 N–H and O–H groups in total. The lowest BCUT2D eigenvalue weighted by Crippen LogP contribution is -2.08. The standard InChI is InChI=1S/C16H20N2O3/c1-11(18-16-8-6-13(19-2)10-17-16)12-5-7-14(20-3)15(9-12)21-4/h5-11H,1-4H3,(H,17,18). The fraction of sp³-hybridized carbons (Fsp3) is 0.312. The molecule has 1 aromatic carbocycles. The van der Waals surface area contributed by atoms with Crippen molar-refractivity contribution in [3.63, 3.8) is 0 Å². The van der Waals surface area contributed by atoms with E-state index in [4.69, 9.17) is 14.2 Å². The van der Waals surface area contributed by atoms with Gasteiger partial charge in [-0.3, -0.25) is 0 Å². The second kappa shape index (κ2) is 6.83. The van der Waals surface area contributed by atoms with Crippen molar-refractivity contribution in [2.75, 3.05) is 26.6 Å². The van der Waals surface area contributed by atoms with Gasteiger partial charge >= 0.3 is 0 Å². The summed E-state index contributed by atoms with van der Waals surface area (Å²) in [5.41, 5.74) is 1.09. The highest BCUT2D eigenvalue weighted by Crippen LogP contribution is 2.30. The molecule has 0 bridgehead atoms. The Kier molecular flexibility index (Phi) is 4.87. The minimum atomic E-state index is 0.0886. The summed E-state index contributed by atoms with van der Waals surface area (Å²) in [5, 5.41) is 3.34. The van der Waals surface area contributed by atoms with Crippen LogP contribution >= 0.6 is 0 Å². The van der Waals surface area contributed by atoms with E-state index in [0.29, 0.717) is 5.75 Å². The smallest absolute Gasteiger partial charge is 0.161 e. The summed E-state index contributed by atoms with van der Waals surface area (Å²) >= 11 is 0. The molecule has 5 heteroatoms. The molecule has 0 aliphatic heterocycles. The van der Waals surface area contributed by atoms with Gasteiger partial charge in [0.05, 0.1) is 33.6 Å². The normalized spacial score (nSPS) is 11.6. The van der Waals surface area contributed by atoms with E-state index < -0.39 is 0 Å². The third kappa shape index (κ3) is 3.56. The lowest BCUT2D eigenvalue weighted by atomic mass is 10.1. The summed E-state index contributed by atoms with van der Waals surface area (Å²) in [6.07, 6.45) is 1.68. The van der Waals surface area contributed by atoms with Gasteiger partial charge in [0.15, 0.2) is 11.5 Å². The summed E-state index contributed by atoms with van der Waals surface area (Å²) in [6, 6.07) is 9.70. The minimum absolute atomic E-state index is 0.0886. The number of nitrogens with one attached hydrogen (secondary N) is 1. The van der Waals surface area contributed by atoms with E-state index in [1.807, 2.05) is 30.3 Å². The molecule has 0 fully saturated rings. The number of anilines is 1. The average Bonchev–Trinajstić information content (AvgIpc) is 2.54. The van der Waals surface area contributed by atoms with Gasteiger partial charge < -0.3 is 19.5 Å². The summed E-state index contributed by atoms with van der Waals surface area (Å²) in [7, 11) is 4.88. The maximum absolute atomic E-state index is 5.32. The quantitative estimate of drug-likeness (QED) is 0.884. The third-order valence-electron chi connectivity index (χ3n) is 3.24. The number of pyridine rings is 1. The van der Waals surface area contributed by atoms with Crippen molar-refractivity contribution in [3.05, 3.63) is 42.1 Å². The molecule has 0 spiro atoms. The molecule has 0 saturated carbocycles. The molecular formula is C16H20N2O3. The Hall–Kier alpha value is -2.43. The van der Waals surface area contributed by atoms with Gasteiger partial charge in [0, 0.05) is 0 Å². The summed E-state index contributed by atoms with van der Waals surface area (Å²) in [4.78, 5) is 4.30. The van der Waals surface area contributed by atoms with Crippen LogP contribution in [0.25, 0.3) is 0 Å². The predicted octanol–water partition coefficient (Wildman–Crippen LogP) is 3.28. The maximum atomic E-state index is 5.32. The first-order chi connectivity index (χ1) is 10.2. The van der Waals surface area contributed by atoms with Gasteiger partial charge in [0.2, 0.25) is 0 Å². The Balaban J connectivity index is 2.13. The van der Waals surface area contributed by atoms with Crippen LogP contribution in [0, 0.1) is 0 Å². The maximum Gasteiger partial charge on any atom is 0.161 e. The Morgan fingerprint density at radius 1 is 0.952 bits per heavy atom. The lowest BCUT2D eigenvalue weighted by Gasteiger charge is -2.17. The van der Waals surface area contributed by atoms with E-state index >= 15 is 0 Å². The van der Waals surface area contributed by atoms with Crippen molar-refractivity contribution in [2.45, 2.75) is 13.0 Å². The number of hydrogen-bond donors (Lipinski definition) is 1. The van der Waals surface area contributed by atoms with Gasteiger partial charge in [0.25, 0.3) is 0 Å². The zero-order valence-corrected chi connectivity index (χ0v) is 12.7. The van der Waals surface area contributed by atoms with Crippen LogP contribution < -0.4 is 19.5 Å². The highest BCUT2D eigenvalue weighted by Gasteiger charge is 2.10. The fourth-order valence-electron chi connectivity index (χ4n) is 2.01. The molecule has 0 saturated heterocycles. The van der Waals surface area contributed by atoms with Crippen molar-refractivity contribution < 1.29 is 14.2 Å². The van der Waals surface area contributed by atoms with Crippen molar-refractivity contribution >= 4 is 5.82 Å². The van der Waals surface area contributed by atoms with Crippen molar-refractivity contribution in [2.24, 2.45) is 0 Å². The number of rotatable bonds is 6. The largest absolute Gasteiger partial charge is 0.495 e. The molecule has 2 rings (SSSR count). The van der Waals surface area contributed by atoms with Crippen LogP contribution in [0.1, 0.15) is 18.5 Å². The van der Waals surface area contributed by atoms with Crippen LogP contribution in [0.2, 0.25) is 0 Å². The first-order valence-electron chi connectivity index (χ1n) is 6.66. The zero-order valence-electron chi connectivity index (χ0n) is 12.7. The molecule has 1 heterocycles. The average molecular weight is 288 g/mol. The van der Waals surface area contributed by atoms with E-state index in [1.54, 1.807) is 27.5 Å². The summed E-state index contributed by atoms with van der Waals surface area (Å²) < 4.78 is 15.7. The highest BCUT2D eigenvalue weighted by atomic mass is 16.5. The number of hydrogen-bond acceptors (Lipinski definition) is 5. The molecule has 5 nitrogen and oxygen atoms in total. The summed E-state index contributed by atoms with van der Waals surface area (Å²) in [5.74, 6) is 2.96. The third-order valence-corrected chi connectivity index (χ3v) is 3.24. The first-order valence-corrected chi connectivity index (χ1v) is 6.66. The Labute approximate surface area is 124 Å². The van der Waals surface area contributed by atoms with Crippen LogP contribution in [-0.4, -0.2) is 26.3 Å². The van der Waals surface area contributed by atoms with Crippen LogP contribution in [0.4, 0.5) is 5.82 Å². The lowest BCUT2D eigenvalue weighted by molar-refractivity contribution is 0.354. The fourth-order valence-corrected chi connectivity index (χ4v) is 2.01. The highest BCUT2D eigenvalue weighted by molar-refractivity contribution is 5.46. The Morgan fingerprint density at radius 2 is 1.71 bits per heavy atom. The van der Waals surface area contributed by atoms with Crippen LogP contribution in [0.15, 0.2) is 36.5 Å². The second-order valence-electron chi connectivity index (χ2n) is 4.56. The number of ether oxygens (including phenoxy) is 3. The van der Waals surface area contributed by atoms with E-state index in [1.165, 1.54) is 0 Å². The van der Waals surface area contributed by atoms with Gasteiger partial charge in [-0.15, -0.1) is 0 Å². The van der Waals surface area contributed by atoms with Gasteiger partial charge in [-0.1, -0.05) is 6.07 Å². The molecule has 0 amide bonds. The number of benzene rings is 1. The molecule has 0 aliphatic rings. The van der Waals surface area contributed by atoms with E-state index in [9.17, 15) is 0 Å². The molecule has 1 aromatic heterocycles. The van der Waals surface area contributed by atoms with Gasteiger partial charge in [-0.2, -0.15) is 0 Å². The Bertz CT molecular complexity index is 585. The van der Waals surface area contributed by atoms with Crippen LogP contribution in [0.5, 0.6) is 17.2 Å². The minimum Gasteiger partial charge on any atom is -0.495 e. The summed E-state index contributed by atoms with van der Waals surface area (Å²) in [6.45, 7) is 2.06. The van der Waals surface area contributed by atoms with Crippen molar-refractivity contribution in [1.82, 2.24) is 4.98 Å². The van der Waals surface area contributed by atoms with E-state index in [2.05, 4.69) is 17.2 Å². The van der Waals surface area contributed by atoms with Crippen molar-refractivity contribution in [3.8, 4) is 17.2 Å². The second-order valence-corrected chi connectivity index (χ2v) is 4.56. The van der Waals surface area contributed by atoms with Gasteiger partial charge in [0.1, 0.15) is 11.6 Å². The van der Waals surface area contributed by atoms with Gasteiger partial charge in [-0.25, -0.2) is 4.98 Å².